The van der Waals surface area contributed by atoms with Crippen molar-refractivity contribution in [2.24, 2.45) is 17.3 Å². The second-order valence-electron chi connectivity index (χ2n) is 10.7. The van der Waals surface area contributed by atoms with Crippen LogP contribution in [-0.4, -0.2) is 25.2 Å². The van der Waals surface area contributed by atoms with Gasteiger partial charge in [-0.3, -0.25) is 0 Å². The molecule has 184 valence electrons. The Morgan fingerprint density at radius 1 is 0.706 bits per heavy atom. The van der Waals surface area contributed by atoms with Crippen molar-refractivity contribution in [3.63, 3.8) is 0 Å². The van der Waals surface area contributed by atoms with E-state index < -0.39 is 0 Å². The summed E-state index contributed by atoms with van der Waals surface area (Å²) < 4.78 is 0. The van der Waals surface area contributed by atoms with E-state index in [0.717, 1.165) is 40.0 Å². The van der Waals surface area contributed by atoms with Crippen LogP contribution in [0.25, 0.3) is 0 Å². The Morgan fingerprint density at radius 2 is 1.03 bits per heavy atom. The van der Waals surface area contributed by atoms with E-state index in [1.807, 2.05) is 27.7 Å². The van der Waals surface area contributed by atoms with Crippen molar-refractivity contribution in [3.05, 3.63) is 57.6 Å². The fourth-order valence-corrected chi connectivity index (χ4v) is 5.32. The zero-order valence-electron chi connectivity index (χ0n) is 21.9. The highest BCUT2D eigenvalue weighted by Crippen LogP contribution is 2.50. The molecule has 6 nitrogen and oxygen atoms in total. The van der Waals surface area contributed by atoms with Crippen molar-refractivity contribution in [1.82, 2.24) is 10.6 Å². The fourth-order valence-electron chi connectivity index (χ4n) is 5.32. The minimum absolute atomic E-state index is 0.0337. The minimum atomic E-state index is -0.171. The van der Waals surface area contributed by atoms with Gasteiger partial charge in [0.1, 0.15) is 0 Å². The van der Waals surface area contributed by atoms with Crippen molar-refractivity contribution in [3.8, 4) is 0 Å². The normalized spacial score (nSPS) is 18.6. The van der Waals surface area contributed by atoms with E-state index in [4.69, 9.17) is 0 Å². The lowest BCUT2D eigenvalue weighted by molar-refractivity contribution is -0.0142. The first-order chi connectivity index (χ1) is 15.9. The summed E-state index contributed by atoms with van der Waals surface area (Å²) in [6, 6.07) is 7.96. The van der Waals surface area contributed by atoms with E-state index in [0.29, 0.717) is 24.9 Å². The summed E-state index contributed by atoms with van der Waals surface area (Å²) in [6.45, 7) is 17.8. The number of anilines is 2. The van der Waals surface area contributed by atoms with Gasteiger partial charge in [0.25, 0.3) is 0 Å². The van der Waals surface area contributed by atoms with Gasteiger partial charge in [-0.25, -0.2) is 9.59 Å². The number of urea groups is 2. The number of hydrogen-bond donors (Lipinski definition) is 4. The van der Waals surface area contributed by atoms with Crippen molar-refractivity contribution < 1.29 is 9.59 Å². The summed E-state index contributed by atoms with van der Waals surface area (Å²) in [4.78, 5) is 25.0. The van der Waals surface area contributed by atoms with Crippen LogP contribution in [0.15, 0.2) is 24.3 Å². The predicted molar refractivity (Wildman–Crippen MR) is 141 cm³/mol. The number of hydrogen-bond acceptors (Lipinski definition) is 2. The van der Waals surface area contributed by atoms with Gasteiger partial charge in [-0.15, -0.1) is 0 Å². The number of carbonyl (C=O) groups is 2. The highest BCUT2D eigenvalue weighted by atomic mass is 16.2. The highest BCUT2D eigenvalue weighted by molar-refractivity contribution is 5.91. The number of nitrogens with one attached hydrogen (secondary N) is 4. The maximum atomic E-state index is 12.5. The number of rotatable bonds is 6. The molecule has 0 radical (unpaired) electrons. The number of carbonyl (C=O) groups excluding carboxylic acids is 2. The van der Waals surface area contributed by atoms with Crippen molar-refractivity contribution in [1.29, 1.82) is 0 Å². The fraction of sp³-hybridized carbons (Fsp3) is 0.500. The van der Waals surface area contributed by atoms with Gasteiger partial charge in [-0.2, -0.15) is 0 Å². The molecule has 4 N–H and O–H groups in total. The van der Waals surface area contributed by atoms with Crippen LogP contribution in [-0.2, 0) is 0 Å². The maximum absolute atomic E-state index is 12.5. The third-order valence-electron chi connectivity index (χ3n) is 7.52. The van der Waals surface area contributed by atoms with Crippen molar-refractivity contribution in [2.75, 3.05) is 23.7 Å². The number of benzene rings is 2. The molecule has 0 aromatic heterocycles. The van der Waals surface area contributed by atoms with Crippen LogP contribution in [0.3, 0.4) is 0 Å². The topological polar surface area (TPSA) is 82.3 Å². The molecule has 1 fully saturated rings. The Hall–Kier alpha value is -3.02. The summed E-state index contributed by atoms with van der Waals surface area (Å²) in [6.07, 6.45) is 0.971. The van der Waals surface area contributed by atoms with Gasteiger partial charge >= 0.3 is 12.1 Å². The monoisotopic (exact) mass is 464 g/mol. The van der Waals surface area contributed by atoms with E-state index in [1.54, 1.807) is 0 Å². The Labute approximate surface area is 204 Å². The Balaban J connectivity index is 1.46. The molecule has 0 saturated heterocycles. The molecule has 0 spiro atoms. The molecule has 34 heavy (non-hydrogen) atoms. The van der Waals surface area contributed by atoms with Gasteiger partial charge in [0.15, 0.2) is 0 Å². The average Bonchev–Trinajstić information content (AvgIpc) is 2.72. The van der Waals surface area contributed by atoms with Crippen molar-refractivity contribution in [2.45, 2.75) is 61.8 Å². The van der Waals surface area contributed by atoms with Gasteiger partial charge in [0, 0.05) is 24.5 Å². The lowest BCUT2D eigenvalue weighted by Gasteiger charge is -2.52. The van der Waals surface area contributed by atoms with E-state index in [1.165, 1.54) is 11.1 Å². The molecule has 2 unspecified atom stereocenters. The largest absolute Gasteiger partial charge is 0.338 e. The third-order valence-corrected chi connectivity index (χ3v) is 7.52. The Morgan fingerprint density at radius 3 is 1.32 bits per heavy atom. The van der Waals surface area contributed by atoms with Crippen LogP contribution in [0.4, 0.5) is 21.0 Å². The molecule has 2 aromatic carbocycles. The second-order valence-corrected chi connectivity index (χ2v) is 10.7. The van der Waals surface area contributed by atoms with Crippen LogP contribution < -0.4 is 21.3 Å². The van der Waals surface area contributed by atoms with Gasteiger partial charge in [0.05, 0.1) is 0 Å². The SMILES string of the molecule is Cc1cc(C)c(NC(=O)NCC2CC(CNC(=O)Nc3c(C)cc(C)cc3C)C2(C)C)c(C)c1. The number of amides is 4. The molecular weight excluding hydrogens is 424 g/mol. The lowest BCUT2D eigenvalue weighted by atomic mass is 9.54. The molecule has 0 heterocycles. The first-order valence-electron chi connectivity index (χ1n) is 12.1. The standard InChI is InChI=1S/C28H40N4O2/c1-16-9-18(3)24(19(4)10-16)31-26(33)29-14-22-13-23(28(22,7)8)15-30-27(34)32-25-20(5)11-17(2)12-21(25)6/h9-12,22-23H,13-15H2,1-8H3,(H2,29,31,33)(H2,30,32,34). The molecule has 1 aliphatic rings. The van der Waals surface area contributed by atoms with Gasteiger partial charge in [0.2, 0.25) is 0 Å². The second kappa shape index (κ2) is 10.1. The summed E-state index contributed by atoms with van der Waals surface area (Å²) >= 11 is 0. The summed E-state index contributed by atoms with van der Waals surface area (Å²) in [7, 11) is 0. The van der Waals surface area contributed by atoms with Crippen LogP contribution >= 0.6 is 0 Å². The molecule has 1 saturated carbocycles. The number of aryl methyl sites for hydroxylation is 6. The summed E-state index contributed by atoms with van der Waals surface area (Å²) in [5, 5.41) is 12.1. The summed E-state index contributed by atoms with van der Waals surface area (Å²) in [5.41, 5.74) is 8.44. The van der Waals surface area contributed by atoms with E-state index >= 15 is 0 Å². The summed E-state index contributed by atoms with van der Waals surface area (Å²) in [5.74, 6) is 0.741. The zero-order valence-corrected chi connectivity index (χ0v) is 21.9. The van der Waals surface area contributed by atoms with E-state index in [9.17, 15) is 9.59 Å². The average molecular weight is 465 g/mol. The molecule has 1 aliphatic carbocycles. The minimum Gasteiger partial charge on any atom is -0.338 e. The first-order valence-corrected chi connectivity index (χ1v) is 12.1. The molecule has 2 aromatic rings. The first kappa shape index (κ1) is 25.6. The van der Waals surface area contributed by atoms with Crippen LogP contribution in [0.1, 0.15) is 53.6 Å². The third kappa shape index (κ3) is 5.72. The maximum Gasteiger partial charge on any atom is 0.319 e. The molecule has 3 rings (SSSR count). The van der Waals surface area contributed by atoms with Crippen LogP contribution in [0.5, 0.6) is 0 Å². The van der Waals surface area contributed by atoms with Gasteiger partial charge in [-0.1, -0.05) is 49.2 Å². The van der Waals surface area contributed by atoms with Crippen LogP contribution in [0, 0.1) is 58.8 Å². The Bertz CT molecular complexity index is 960. The lowest BCUT2D eigenvalue weighted by Crippen LogP contribution is -2.54. The smallest absolute Gasteiger partial charge is 0.319 e. The van der Waals surface area contributed by atoms with Crippen molar-refractivity contribution >= 4 is 23.4 Å². The zero-order chi connectivity index (χ0) is 25.2. The predicted octanol–water partition coefficient (Wildman–Crippen LogP) is 6.14. The quantitative estimate of drug-likeness (QED) is 0.414. The molecule has 0 bridgehead atoms. The van der Waals surface area contributed by atoms with E-state index in [-0.39, 0.29) is 17.5 Å². The molecular formula is C28H40N4O2. The highest BCUT2D eigenvalue weighted by Gasteiger charge is 2.47. The Kier molecular flexibility index (Phi) is 7.59. The van der Waals surface area contributed by atoms with Gasteiger partial charge in [-0.05, 0) is 87.5 Å². The van der Waals surface area contributed by atoms with Gasteiger partial charge < -0.3 is 21.3 Å². The van der Waals surface area contributed by atoms with E-state index in [2.05, 4.69) is 73.2 Å². The van der Waals surface area contributed by atoms with Crippen LogP contribution in [0.2, 0.25) is 0 Å². The molecule has 0 aliphatic heterocycles. The molecule has 4 amide bonds. The molecule has 6 heteroatoms. The molecule has 2 atom stereocenters.